The van der Waals surface area contributed by atoms with E-state index in [1.807, 2.05) is 6.92 Å². The summed E-state index contributed by atoms with van der Waals surface area (Å²) in [6.07, 6.45) is -9.91. The van der Waals surface area contributed by atoms with Crippen molar-refractivity contribution in [2.24, 2.45) is 0 Å². The largest absolute Gasteiger partial charge is 0.460 e. The summed E-state index contributed by atoms with van der Waals surface area (Å²) >= 11 is 0. The minimum Gasteiger partial charge on any atom is -0.353 e. The van der Waals surface area contributed by atoms with Crippen LogP contribution in [0.4, 0.5) is 39.5 Å². The van der Waals surface area contributed by atoms with Crippen LogP contribution >= 0.6 is 0 Å². The third-order valence-electron chi connectivity index (χ3n) is 4.28. The van der Waals surface area contributed by atoms with Crippen LogP contribution in [0.25, 0.3) is 0 Å². The predicted octanol–water partition coefficient (Wildman–Crippen LogP) is 6.21. The second-order valence-corrected chi connectivity index (χ2v) is 8.88. The van der Waals surface area contributed by atoms with Gasteiger partial charge in [0.15, 0.2) is 18.9 Å². The normalized spacial score (nSPS) is 17.0. The van der Waals surface area contributed by atoms with Gasteiger partial charge >= 0.3 is 33.4 Å². The lowest BCUT2D eigenvalue weighted by atomic mass is 10.1. The van der Waals surface area contributed by atoms with Crippen molar-refractivity contribution in [3.8, 4) is 0 Å². The number of rotatable bonds is 17. The van der Waals surface area contributed by atoms with E-state index in [2.05, 4.69) is 4.18 Å². The van der Waals surface area contributed by atoms with Crippen LogP contribution in [0.15, 0.2) is 0 Å². The van der Waals surface area contributed by atoms with Gasteiger partial charge in [-0.05, 0) is 33.1 Å². The Kier molecular flexibility index (Phi) is 12.6. The molecule has 0 saturated heterocycles. The molecule has 0 aliphatic carbocycles. The standard InChI is InChI=1S/C18H29F9O6S/c1-5-7-9-10-14(32-13(4)31-12(3)30-11-8-6-2)33-34(28,29)18(26,27)16(21,22)15(19,20)17(23,24)25/h12-14H,5-11H2,1-4H3. The van der Waals surface area contributed by atoms with Crippen LogP contribution < -0.4 is 0 Å². The Hall–Kier alpha value is -0.840. The van der Waals surface area contributed by atoms with Gasteiger partial charge in [0.05, 0.1) is 0 Å². The summed E-state index contributed by atoms with van der Waals surface area (Å²) < 4.78 is 161. The van der Waals surface area contributed by atoms with Crippen molar-refractivity contribution < 1.29 is 66.3 Å². The minimum atomic E-state index is -7.39. The van der Waals surface area contributed by atoms with Crippen LogP contribution in [-0.4, -0.2) is 57.2 Å². The second kappa shape index (κ2) is 12.9. The molecule has 0 radical (unpaired) electrons. The van der Waals surface area contributed by atoms with E-state index in [1.54, 1.807) is 6.92 Å². The van der Waals surface area contributed by atoms with E-state index in [4.69, 9.17) is 14.2 Å². The molecule has 0 bridgehead atoms. The first-order chi connectivity index (χ1) is 15.3. The van der Waals surface area contributed by atoms with Crippen molar-refractivity contribution in [2.45, 2.75) is 108 Å². The first-order valence-corrected chi connectivity index (χ1v) is 11.7. The number of ether oxygens (including phenoxy) is 3. The molecule has 16 heteroatoms. The molecule has 0 aliphatic rings. The van der Waals surface area contributed by atoms with Crippen LogP contribution in [0.1, 0.15) is 66.2 Å². The van der Waals surface area contributed by atoms with Gasteiger partial charge in [-0.15, -0.1) is 0 Å². The molecule has 0 N–H and O–H groups in total. The molecule has 0 heterocycles. The van der Waals surface area contributed by atoms with E-state index in [9.17, 15) is 47.9 Å². The highest BCUT2D eigenvalue weighted by Crippen LogP contribution is 2.55. The topological polar surface area (TPSA) is 71.1 Å². The summed E-state index contributed by atoms with van der Waals surface area (Å²) in [5.74, 6) is -14.8. The van der Waals surface area contributed by atoms with Gasteiger partial charge < -0.3 is 14.2 Å². The quantitative estimate of drug-likeness (QED) is 0.0939. The second-order valence-electron chi connectivity index (χ2n) is 7.27. The molecule has 0 amide bonds. The number of hydrogen-bond donors (Lipinski definition) is 0. The molecule has 206 valence electrons. The smallest absolute Gasteiger partial charge is 0.353 e. The van der Waals surface area contributed by atoms with Gasteiger partial charge in [-0.1, -0.05) is 33.1 Å². The average Bonchev–Trinajstić information content (AvgIpc) is 2.66. The summed E-state index contributed by atoms with van der Waals surface area (Å²) in [6, 6.07) is 0. The van der Waals surface area contributed by atoms with Crippen molar-refractivity contribution in [1.29, 1.82) is 0 Å². The highest BCUT2D eigenvalue weighted by atomic mass is 32.2. The fourth-order valence-electron chi connectivity index (χ4n) is 2.37. The summed E-state index contributed by atoms with van der Waals surface area (Å²) in [4.78, 5) is 0. The van der Waals surface area contributed by atoms with Gasteiger partial charge in [-0.3, -0.25) is 0 Å². The van der Waals surface area contributed by atoms with Crippen molar-refractivity contribution in [3.05, 3.63) is 0 Å². The maximum Gasteiger partial charge on any atom is 0.460 e. The van der Waals surface area contributed by atoms with Gasteiger partial charge in [0, 0.05) is 6.61 Å². The molecule has 6 nitrogen and oxygen atoms in total. The molecule has 3 unspecified atom stereocenters. The Labute approximate surface area is 192 Å². The number of halogens is 9. The first-order valence-electron chi connectivity index (χ1n) is 10.3. The first kappa shape index (κ1) is 33.2. The predicted molar refractivity (Wildman–Crippen MR) is 101 cm³/mol. The zero-order valence-corrected chi connectivity index (χ0v) is 19.8. The Bertz CT molecular complexity index is 701. The van der Waals surface area contributed by atoms with Crippen molar-refractivity contribution in [2.75, 3.05) is 6.61 Å². The van der Waals surface area contributed by atoms with Crippen LogP contribution in [0, 0.1) is 0 Å². The summed E-state index contributed by atoms with van der Waals surface area (Å²) in [5.41, 5.74) is 0. The van der Waals surface area contributed by atoms with Gasteiger partial charge in [-0.25, -0.2) is 4.18 Å². The lowest BCUT2D eigenvalue weighted by Gasteiger charge is -2.33. The third kappa shape index (κ3) is 8.38. The van der Waals surface area contributed by atoms with E-state index in [0.717, 1.165) is 13.3 Å². The minimum absolute atomic E-state index is 0.0482. The molecule has 0 aromatic rings. The molecular formula is C18H29F9O6S. The number of alkyl halides is 9. The Balaban J connectivity index is 5.67. The molecule has 0 saturated carbocycles. The average molecular weight is 544 g/mol. The molecule has 0 spiro atoms. The van der Waals surface area contributed by atoms with Crippen molar-refractivity contribution >= 4 is 10.1 Å². The van der Waals surface area contributed by atoms with Crippen LogP contribution in [-0.2, 0) is 28.5 Å². The molecular weight excluding hydrogens is 515 g/mol. The maximum atomic E-state index is 13.9. The number of unbranched alkanes of at least 4 members (excludes halogenated alkanes) is 3. The van der Waals surface area contributed by atoms with E-state index in [-0.39, 0.29) is 13.0 Å². The highest BCUT2D eigenvalue weighted by molar-refractivity contribution is 7.87. The highest BCUT2D eigenvalue weighted by Gasteiger charge is 2.86. The maximum absolute atomic E-state index is 13.9. The Morgan fingerprint density at radius 2 is 1.26 bits per heavy atom. The molecule has 0 aliphatic heterocycles. The summed E-state index contributed by atoms with van der Waals surface area (Å²) in [6.45, 7) is 6.40. The van der Waals surface area contributed by atoms with Gasteiger partial charge in [0.2, 0.25) is 0 Å². The molecule has 0 aromatic carbocycles. The molecule has 0 rings (SSSR count). The Morgan fingerprint density at radius 1 is 0.735 bits per heavy atom. The van der Waals surface area contributed by atoms with Crippen molar-refractivity contribution in [3.63, 3.8) is 0 Å². The van der Waals surface area contributed by atoms with Gasteiger partial charge in [-0.2, -0.15) is 47.9 Å². The lowest BCUT2D eigenvalue weighted by Crippen LogP contribution is -2.63. The van der Waals surface area contributed by atoms with E-state index >= 15 is 0 Å². The lowest BCUT2D eigenvalue weighted by molar-refractivity contribution is -0.383. The third-order valence-corrected chi connectivity index (χ3v) is 5.64. The van der Waals surface area contributed by atoms with Gasteiger partial charge in [0.25, 0.3) is 0 Å². The molecule has 3 atom stereocenters. The van der Waals surface area contributed by atoms with Gasteiger partial charge in [0.1, 0.15) is 0 Å². The fourth-order valence-corrected chi connectivity index (χ4v) is 3.36. The van der Waals surface area contributed by atoms with E-state index in [0.29, 0.717) is 19.3 Å². The molecule has 0 aromatic heterocycles. The molecule has 34 heavy (non-hydrogen) atoms. The fraction of sp³-hybridized carbons (Fsp3) is 1.00. The van der Waals surface area contributed by atoms with Crippen LogP contribution in [0.2, 0.25) is 0 Å². The summed E-state index contributed by atoms with van der Waals surface area (Å²) in [5, 5.41) is -6.97. The number of hydrogen-bond acceptors (Lipinski definition) is 6. The zero-order valence-electron chi connectivity index (χ0n) is 18.9. The summed E-state index contributed by atoms with van der Waals surface area (Å²) in [7, 11) is -7.06. The van der Waals surface area contributed by atoms with Crippen LogP contribution in [0.5, 0.6) is 0 Å². The van der Waals surface area contributed by atoms with Crippen molar-refractivity contribution in [1.82, 2.24) is 0 Å². The van der Waals surface area contributed by atoms with Crippen LogP contribution in [0.3, 0.4) is 0 Å². The zero-order chi connectivity index (χ0) is 27.0. The molecule has 0 fully saturated rings. The monoisotopic (exact) mass is 544 g/mol. The van der Waals surface area contributed by atoms with E-state index in [1.165, 1.54) is 6.92 Å². The SMILES string of the molecule is CCCCCC(OC(C)OC(C)OCCCC)OS(=O)(=O)C(F)(F)C(F)(F)C(F)(F)C(F)(F)F. The Morgan fingerprint density at radius 3 is 1.74 bits per heavy atom. The van der Waals surface area contributed by atoms with E-state index < -0.39 is 58.7 Å².